The number of thioether (sulfide) groups is 1. The van der Waals surface area contributed by atoms with Gasteiger partial charge in [0.1, 0.15) is 0 Å². The summed E-state index contributed by atoms with van der Waals surface area (Å²) in [4.78, 5) is 12.0. The van der Waals surface area contributed by atoms with Crippen LogP contribution in [0.1, 0.15) is 30.6 Å². The van der Waals surface area contributed by atoms with Crippen LogP contribution < -0.4 is 11.1 Å². The number of rotatable bonds is 6. The summed E-state index contributed by atoms with van der Waals surface area (Å²) in [5.41, 5.74) is 6.96. The standard InChI is InChI=1S/C13H19BrN2OS/c1-3-18-7-6-9(2)16-13(17)10-4-5-12(15)11(14)8-10/h4-5,8-9H,3,6-7,15H2,1-2H3,(H,16,17). The van der Waals surface area contributed by atoms with E-state index in [9.17, 15) is 4.79 Å². The highest BCUT2D eigenvalue weighted by Crippen LogP contribution is 2.20. The molecular weight excluding hydrogens is 312 g/mol. The first-order chi connectivity index (χ1) is 8.54. The quantitative estimate of drug-likeness (QED) is 0.621. The van der Waals surface area contributed by atoms with Gasteiger partial charge in [-0.1, -0.05) is 6.92 Å². The number of nitrogen functional groups attached to an aromatic ring is 1. The maximum atomic E-state index is 12.0. The summed E-state index contributed by atoms with van der Waals surface area (Å²) in [7, 11) is 0. The smallest absolute Gasteiger partial charge is 0.251 e. The molecule has 18 heavy (non-hydrogen) atoms. The third-order valence-electron chi connectivity index (χ3n) is 2.54. The Kier molecular flexibility index (Phi) is 6.57. The fourth-order valence-corrected chi connectivity index (χ4v) is 2.64. The zero-order chi connectivity index (χ0) is 13.5. The zero-order valence-electron chi connectivity index (χ0n) is 10.7. The number of amides is 1. The van der Waals surface area contributed by atoms with Gasteiger partial charge in [-0.05, 0) is 59.0 Å². The Morgan fingerprint density at radius 3 is 2.89 bits per heavy atom. The van der Waals surface area contributed by atoms with E-state index in [1.165, 1.54) is 0 Å². The molecule has 0 spiro atoms. The molecule has 1 aromatic rings. The maximum Gasteiger partial charge on any atom is 0.251 e. The van der Waals surface area contributed by atoms with E-state index in [-0.39, 0.29) is 11.9 Å². The minimum Gasteiger partial charge on any atom is -0.398 e. The molecule has 0 saturated carbocycles. The summed E-state index contributed by atoms with van der Waals surface area (Å²) in [5.74, 6) is 2.14. The normalized spacial score (nSPS) is 12.2. The first kappa shape index (κ1) is 15.4. The lowest BCUT2D eigenvalue weighted by molar-refractivity contribution is 0.0939. The van der Waals surface area contributed by atoms with E-state index in [2.05, 4.69) is 28.2 Å². The summed E-state index contributed by atoms with van der Waals surface area (Å²) in [5, 5.41) is 2.99. The highest BCUT2D eigenvalue weighted by atomic mass is 79.9. The van der Waals surface area contributed by atoms with Crippen LogP contribution >= 0.6 is 27.7 Å². The fraction of sp³-hybridized carbons (Fsp3) is 0.462. The average molecular weight is 331 g/mol. The molecule has 5 heteroatoms. The van der Waals surface area contributed by atoms with Crippen LogP contribution in [0.5, 0.6) is 0 Å². The predicted molar refractivity (Wildman–Crippen MR) is 83.1 cm³/mol. The molecule has 100 valence electrons. The van der Waals surface area contributed by atoms with Gasteiger partial charge in [0.05, 0.1) is 0 Å². The Labute approximate surface area is 121 Å². The Hall–Kier alpha value is -0.680. The van der Waals surface area contributed by atoms with Crippen molar-refractivity contribution in [1.29, 1.82) is 0 Å². The van der Waals surface area contributed by atoms with Crippen molar-refractivity contribution in [3.63, 3.8) is 0 Å². The van der Waals surface area contributed by atoms with Crippen molar-refractivity contribution in [2.24, 2.45) is 0 Å². The molecule has 0 aliphatic carbocycles. The average Bonchev–Trinajstić information content (AvgIpc) is 2.33. The molecule has 1 aromatic carbocycles. The molecule has 0 bridgehead atoms. The van der Waals surface area contributed by atoms with E-state index >= 15 is 0 Å². The number of anilines is 1. The van der Waals surface area contributed by atoms with E-state index in [1.807, 2.05) is 18.7 Å². The Balaban J connectivity index is 2.51. The Morgan fingerprint density at radius 2 is 2.28 bits per heavy atom. The van der Waals surface area contributed by atoms with Gasteiger partial charge in [-0.3, -0.25) is 4.79 Å². The van der Waals surface area contributed by atoms with Crippen LogP contribution in [0.25, 0.3) is 0 Å². The van der Waals surface area contributed by atoms with Crippen molar-refractivity contribution < 1.29 is 4.79 Å². The lowest BCUT2D eigenvalue weighted by atomic mass is 10.1. The van der Waals surface area contributed by atoms with E-state index in [4.69, 9.17) is 5.73 Å². The van der Waals surface area contributed by atoms with Gasteiger partial charge in [-0.15, -0.1) is 0 Å². The highest BCUT2D eigenvalue weighted by Gasteiger charge is 2.10. The van der Waals surface area contributed by atoms with Crippen LogP contribution in [0, 0.1) is 0 Å². The molecule has 0 aliphatic heterocycles. The first-order valence-corrected chi connectivity index (χ1v) is 7.93. The maximum absolute atomic E-state index is 12.0. The van der Waals surface area contributed by atoms with Gasteiger partial charge in [-0.2, -0.15) is 11.8 Å². The first-order valence-electron chi connectivity index (χ1n) is 5.98. The van der Waals surface area contributed by atoms with Gasteiger partial charge < -0.3 is 11.1 Å². The number of halogens is 1. The molecule has 3 N–H and O–H groups in total. The second-order valence-electron chi connectivity index (χ2n) is 4.10. The topological polar surface area (TPSA) is 55.1 Å². The number of benzene rings is 1. The summed E-state index contributed by atoms with van der Waals surface area (Å²) in [6.45, 7) is 4.17. The number of hydrogen-bond donors (Lipinski definition) is 2. The third-order valence-corrected chi connectivity index (χ3v) is 4.16. The number of hydrogen-bond acceptors (Lipinski definition) is 3. The van der Waals surface area contributed by atoms with E-state index < -0.39 is 0 Å². The van der Waals surface area contributed by atoms with Crippen molar-refractivity contribution >= 4 is 39.3 Å². The van der Waals surface area contributed by atoms with E-state index in [0.29, 0.717) is 11.3 Å². The summed E-state index contributed by atoms with van der Waals surface area (Å²) in [6.07, 6.45) is 0.986. The van der Waals surface area contributed by atoms with E-state index in [1.54, 1.807) is 18.2 Å². The van der Waals surface area contributed by atoms with Crippen LogP contribution in [0.2, 0.25) is 0 Å². The number of carbonyl (C=O) groups excluding carboxylic acids is 1. The second kappa shape index (κ2) is 7.69. The van der Waals surface area contributed by atoms with Crippen molar-refractivity contribution in [2.45, 2.75) is 26.3 Å². The summed E-state index contributed by atoms with van der Waals surface area (Å²) >= 11 is 5.21. The molecule has 0 fully saturated rings. The summed E-state index contributed by atoms with van der Waals surface area (Å²) < 4.78 is 0.754. The second-order valence-corrected chi connectivity index (χ2v) is 6.34. The minimum absolute atomic E-state index is 0.0512. The molecule has 3 nitrogen and oxygen atoms in total. The molecule has 1 unspecified atom stereocenters. The van der Waals surface area contributed by atoms with Gasteiger partial charge in [0, 0.05) is 21.8 Å². The van der Waals surface area contributed by atoms with Crippen molar-refractivity contribution in [3.05, 3.63) is 28.2 Å². The lowest BCUT2D eigenvalue weighted by Gasteiger charge is -2.13. The monoisotopic (exact) mass is 330 g/mol. The van der Waals surface area contributed by atoms with Crippen LogP contribution in [-0.4, -0.2) is 23.5 Å². The SMILES string of the molecule is CCSCCC(C)NC(=O)c1ccc(N)c(Br)c1. The number of nitrogens with one attached hydrogen (secondary N) is 1. The van der Waals surface area contributed by atoms with E-state index in [0.717, 1.165) is 22.4 Å². The molecule has 0 heterocycles. The van der Waals surface area contributed by atoms with Crippen LogP contribution in [0.15, 0.2) is 22.7 Å². The molecule has 0 saturated heterocycles. The summed E-state index contributed by atoms with van der Waals surface area (Å²) in [6, 6.07) is 5.41. The van der Waals surface area contributed by atoms with Crippen molar-refractivity contribution in [1.82, 2.24) is 5.32 Å². The van der Waals surface area contributed by atoms with Gasteiger partial charge in [0.2, 0.25) is 0 Å². The lowest BCUT2D eigenvalue weighted by Crippen LogP contribution is -2.32. The Morgan fingerprint density at radius 1 is 1.56 bits per heavy atom. The molecule has 0 radical (unpaired) electrons. The van der Waals surface area contributed by atoms with Gasteiger partial charge in [0.15, 0.2) is 0 Å². The third kappa shape index (κ3) is 4.90. The molecule has 1 atom stereocenters. The highest BCUT2D eigenvalue weighted by molar-refractivity contribution is 9.10. The number of nitrogens with two attached hydrogens (primary N) is 1. The largest absolute Gasteiger partial charge is 0.398 e. The van der Waals surface area contributed by atoms with Gasteiger partial charge in [0.25, 0.3) is 5.91 Å². The fourth-order valence-electron chi connectivity index (χ4n) is 1.45. The van der Waals surface area contributed by atoms with Crippen molar-refractivity contribution in [3.8, 4) is 0 Å². The van der Waals surface area contributed by atoms with Crippen LogP contribution in [0.4, 0.5) is 5.69 Å². The molecule has 0 aliphatic rings. The molecular formula is C13H19BrN2OS. The van der Waals surface area contributed by atoms with Crippen molar-refractivity contribution in [2.75, 3.05) is 17.2 Å². The van der Waals surface area contributed by atoms with Gasteiger partial charge >= 0.3 is 0 Å². The number of carbonyl (C=O) groups is 1. The zero-order valence-corrected chi connectivity index (χ0v) is 13.1. The molecule has 0 aromatic heterocycles. The molecule has 1 rings (SSSR count). The minimum atomic E-state index is -0.0512. The molecule has 1 amide bonds. The van der Waals surface area contributed by atoms with Gasteiger partial charge in [-0.25, -0.2) is 0 Å². The van der Waals surface area contributed by atoms with Crippen LogP contribution in [0.3, 0.4) is 0 Å². The predicted octanol–water partition coefficient (Wildman–Crippen LogP) is 3.29. The Bertz CT molecular complexity index is 412. The van der Waals surface area contributed by atoms with Crippen LogP contribution in [-0.2, 0) is 0 Å².